The molecule has 1 heterocycles. The second-order valence-electron chi connectivity index (χ2n) is 6.76. The summed E-state index contributed by atoms with van der Waals surface area (Å²) in [5, 5.41) is 5.13. The fraction of sp³-hybridized carbons (Fsp3) is 0.286. The number of nitrogens with one attached hydrogen (secondary N) is 2. The molecule has 146 valence electrons. The molecule has 2 aromatic rings. The first kappa shape index (κ1) is 19.4. The molecule has 1 atom stereocenters. The van der Waals surface area contributed by atoms with E-state index in [9.17, 15) is 14.4 Å². The summed E-state index contributed by atoms with van der Waals surface area (Å²) in [6.07, 6.45) is 0. The highest BCUT2D eigenvalue weighted by Crippen LogP contribution is 2.36. The molecule has 2 N–H and O–H groups in total. The third-order valence-corrected chi connectivity index (χ3v) is 4.62. The van der Waals surface area contributed by atoms with E-state index in [-0.39, 0.29) is 18.5 Å². The van der Waals surface area contributed by atoms with Gasteiger partial charge in [0.25, 0.3) is 5.91 Å². The summed E-state index contributed by atoms with van der Waals surface area (Å²) in [5.74, 6) is -1.29. The number of ether oxygens (including phenoxy) is 1. The maximum absolute atomic E-state index is 12.8. The van der Waals surface area contributed by atoms with E-state index in [1.165, 1.54) is 7.11 Å². The van der Waals surface area contributed by atoms with Crippen LogP contribution in [0, 0.1) is 0 Å². The molecule has 7 nitrogen and oxygen atoms in total. The second-order valence-corrected chi connectivity index (χ2v) is 6.76. The number of carbonyl (C=O) groups excluding carboxylic acids is 3. The average Bonchev–Trinajstić information content (AvgIpc) is 2.98. The summed E-state index contributed by atoms with van der Waals surface area (Å²) in [6, 6.07) is 13.5. The van der Waals surface area contributed by atoms with Crippen LogP contribution in [0.5, 0.6) is 5.75 Å². The molecule has 0 aliphatic carbocycles. The van der Waals surface area contributed by atoms with Crippen molar-refractivity contribution in [3.8, 4) is 5.75 Å². The zero-order chi connectivity index (χ0) is 20.3. The van der Waals surface area contributed by atoms with Crippen molar-refractivity contribution in [2.24, 2.45) is 0 Å². The van der Waals surface area contributed by atoms with E-state index in [0.29, 0.717) is 11.3 Å². The van der Waals surface area contributed by atoms with Gasteiger partial charge >= 0.3 is 11.8 Å². The van der Waals surface area contributed by atoms with Gasteiger partial charge in [0.15, 0.2) is 0 Å². The maximum atomic E-state index is 12.8. The molecule has 0 spiro atoms. The van der Waals surface area contributed by atoms with Crippen molar-refractivity contribution < 1.29 is 19.1 Å². The van der Waals surface area contributed by atoms with Gasteiger partial charge in [-0.15, -0.1) is 0 Å². The first-order chi connectivity index (χ1) is 13.4. The first-order valence-corrected chi connectivity index (χ1v) is 9.06. The average molecular weight is 381 g/mol. The highest BCUT2D eigenvalue weighted by atomic mass is 16.5. The van der Waals surface area contributed by atoms with Crippen LogP contribution < -0.4 is 20.3 Å². The number of benzene rings is 2. The smallest absolute Gasteiger partial charge is 0.310 e. The Kier molecular flexibility index (Phi) is 5.63. The lowest BCUT2D eigenvalue weighted by Crippen LogP contribution is -2.45. The van der Waals surface area contributed by atoms with Crippen molar-refractivity contribution >= 4 is 23.4 Å². The molecule has 28 heavy (non-hydrogen) atoms. The number of hydrogen-bond acceptors (Lipinski definition) is 4. The Labute approximate surface area is 163 Å². The van der Waals surface area contributed by atoms with Gasteiger partial charge in [0.05, 0.1) is 7.11 Å². The fourth-order valence-corrected chi connectivity index (χ4v) is 3.32. The summed E-state index contributed by atoms with van der Waals surface area (Å²) in [7, 11) is 1.54. The zero-order valence-corrected chi connectivity index (χ0v) is 16.1. The van der Waals surface area contributed by atoms with Gasteiger partial charge in [0, 0.05) is 29.4 Å². The van der Waals surface area contributed by atoms with E-state index in [2.05, 4.69) is 10.6 Å². The number of hydrogen-bond donors (Lipinski definition) is 2. The molecule has 7 heteroatoms. The summed E-state index contributed by atoms with van der Waals surface area (Å²) >= 11 is 0. The molecule has 0 saturated carbocycles. The number of carbonyl (C=O) groups is 3. The molecule has 3 amide bonds. The molecule has 2 aromatic carbocycles. The lowest BCUT2D eigenvalue weighted by molar-refractivity contribution is -0.140. The predicted octanol–water partition coefficient (Wildman–Crippen LogP) is 1.92. The summed E-state index contributed by atoms with van der Waals surface area (Å²) in [4.78, 5) is 39.1. The third kappa shape index (κ3) is 3.69. The van der Waals surface area contributed by atoms with Gasteiger partial charge in [0.1, 0.15) is 11.8 Å². The Morgan fingerprint density at radius 1 is 1.07 bits per heavy atom. The second kappa shape index (κ2) is 8.12. The predicted molar refractivity (Wildman–Crippen MR) is 105 cm³/mol. The Hall–Kier alpha value is -3.35. The van der Waals surface area contributed by atoms with Gasteiger partial charge in [0.2, 0.25) is 0 Å². The van der Waals surface area contributed by atoms with Crippen LogP contribution in [0.3, 0.4) is 0 Å². The van der Waals surface area contributed by atoms with Gasteiger partial charge in [-0.3, -0.25) is 14.4 Å². The largest absolute Gasteiger partial charge is 0.496 e. The summed E-state index contributed by atoms with van der Waals surface area (Å²) < 4.78 is 5.23. The Morgan fingerprint density at radius 3 is 2.46 bits per heavy atom. The number of fused-ring (bicyclic) bond motifs is 1. The molecule has 1 unspecified atom stereocenters. The molecule has 3 rings (SSSR count). The van der Waals surface area contributed by atoms with E-state index >= 15 is 0 Å². The van der Waals surface area contributed by atoms with Crippen molar-refractivity contribution in [3.05, 3.63) is 59.7 Å². The van der Waals surface area contributed by atoms with Crippen LogP contribution in [0.4, 0.5) is 5.69 Å². The molecule has 0 fully saturated rings. The quantitative estimate of drug-likeness (QED) is 0.775. The number of nitrogens with zero attached hydrogens (tertiary/aromatic N) is 1. The monoisotopic (exact) mass is 381 g/mol. The lowest BCUT2D eigenvalue weighted by Gasteiger charge is -2.22. The standard InChI is InChI=1S/C21H23N3O4/c1-13(2)24-16-10-6-5-9-15(16)18(21(24)27)23-20(26)19(25)22-12-14-8-4-7-11-17(14)28-3/h4-11,13,18H,12H2,1-3H3,(H,22,25)(H,23,26). The maximum Gasteiger partial charge on any atom is 0.310 e. The minimum absolute atomic E-state index is 0.0603. The Bertz CT molecular complexity index is 910. The van der Waals surface area contributed by atoms with Crippen molar-refractivity contribution in [2.75, 3.05) is 12.0 Å². The van der Waals surface area contributed by atoms with Crippen molar-refractivity contribution in [2.45, 2.75) is 32.5 Å². The minimum atomic E-state index is -0.872. The normalized spacial score (nSPS) is 15.4. The Morgan fingerprint density at radius 2 is 1.75 bits per heavy atom. The third-order valence-electron chi connectivity index (χ3n) is 4.62. The molecule has 1 aliphatic heterocycles. The SMILES string of the molecule is COc1ccccc1CNC(=O)C(=O)NC1C(=O)N(C(C)C)c2ccccc21. The van der Waals surface area contributed by atoms with E-state index in [4.69, 9.17) is 4.74 Å². The van der Waals surface area contributed by atoms with Gasteiger partial charge in [-0.05, 0) is 26.0 Å². The van der Waals surface area contributed by atoms with Gasteiger partial charge in [-0.25, -0.2) is 0 Å². The highest BCUT2D eigenvalue weighted by molar-refractivity contribution is 6.35. The first-order valence-electron chi connectivity index (χ1n) is 9.06. The van der Waals surface area contributed by atoms with Crippen LogP contribution in [0.25, 0.3) is 0 Å². The van der Waals surface area contributed by atoms with Crippen LogP contribution in [-0.4, -0.2) is 30.9 Å². The van der Waals surface area contributed by atoms with Gasteiger partial charge in [-0.1, -0.05) is 36.4 Å². The molecule has 0 bridgehead atoms. The summed E-state index contributed by atoms with van der Waals surface area (Å²) in [5.41, 5.74) is 2.19. The van der Waals surface area contributed by atoms with Crippen molar-refractivity contribution in [3.63, 3.8) is 0 Å². The molecule has 0 aromatic heterocycles. The number of para-hydroxylation sites is 2. The molecule has 1 aliphatic rings. The zero-order valence-electron chi connectivity index (χ0n) is 16.1. The molecular weight excluding hydrogens is 358 g/mol. The van der Waals surface area contributed by atoms with Crippen LogP contribution in [0.2, 0.25) is 0 Å². The highest BCUT2D eigenvalue weighted by Gasteiger charge is 2.39. The van der Waals surface area contributed by atoms with Crippen LogP contribution in [0.15, 0.2) is 48.5 Å². The van der Waals surface area contributed by atoms with Gasteiger partial charge in [-0.2, -0.15) is 0 Å². The van der Waals surface area contributed by atoms with Gasteiger partial charge < -0.3 is 20.3 Å². The van der Waals surface area contributed by atoms with E-state index in [1.54, 1.807) is 29.2 Å². The van der Waals surface area contributed by atoms with Crippen LogP contribution in [0.1, 0.15) is 31.0 Å². The number of methoxy groups -OCH3 is 1. The minimum Gasteiger partial charge on any atom is -0.496 e. The van der Waals surface area contributed by atoms with Crippen molar-refractivity contribution in [1.29, 1.82) is 0 Å². The molecule has 0 saturated heterocycles. The number of anilines is 1. The number of rotatable bonds is 5. The number of amides is 3. The fourth-order valence-electron chi connectivity index (χ4n) is 3.32. The topological polar surface area (TPSA) is 87.7 Å². The Balaban J connectivity index is 1.69. The van der Waals surface area contributed by atoms with Crippen molar-refractivity contribution in [1.82, 2.24) is 10.6 Å². The van der Waals surface area contributed by atoms with E-state index in [1.807, 2.05) is 38.1 Å². The molecular formula is C21H23N3O4. The summed E-state index contributed by atoms with van der Waals surface area (Å²) in [6.45, 7) is 3.95. The lowest BCUT2D eigenvalue weighted by atomic mass is 10.1. The van der Waals surface area contributed by atoms with E-state index in [0.717, 1.165) is 11.3 Å². The van der Waals surface area contributed by atoms with Crippen LogP contribution >= 0.6 is 0 Å². The molecule has 0 radical (unpaired) electrons. The van der Waals surface area contributed by atoms with E-state index < -0.39 is 17.9 Å². The van der Waals surface area contributed by atoms with Crippen LogP contribution in [-0.2, 0) is 20.9 Å².